The molecule has 0 heterocycles. The fraction of sp³-hybridized carbons (Fsp3) is 0. The summed E-state index contributed by atoms with van der Waals surface area (Å²) in [5, 5.41) is 4.12. The Morgan fingerprint density at radius 2 is 0.893 bits per heavy atom. The van der Waals surface area contributed by atoms with Gasteiger partial charge in [-0.25, -0.2) is 0 Å². The molecule has 0 aliphatic heterocycles. The highest BCUT2D eigenvalue weighted by molar-refractivity contribution is 7.15. The van der Waals surface area contributed by atoms with Crippen molar-refractivity contribution < 1.29 is 0 Å². The Bertz CT molecular complexity index is 943. The van der Waals surface area contributed by atoms with Crippen molar-refractivity contribution >= 4 is 35.4 Å². The largest absolute Gasteiger partial charge is 0.399 e. The van der Waals surface area contributed by atoms with E-state index in [1.165, 1.54) is 15.6 Å². The first-order valence-corrected chi connectivity index (χ1v) is 11.6. The molecule has 4 rings (SSSR count). The molecule has 28 heavy (non-hydrogen) atoms. The van der Waals surface area contributed by atoms with E-state index in [1.807, 2.05) is 12.1 Å². The molecule has 0 atom stereocenters. The van der Waals surface area contributed by atoms with Gasteiger partial charge in [-0.2, -0.15) is 0 Å². The van der Waals surface area contributed by atoms with Crippen LogP contribution in [0.3, 0.4) is 0 Å². The van der Waals surface area contributed by atoms with Crippen LogP contribution in [0.15, 0.2) is 121 Å². The molecular weight excluding hydrogens is 354 g/mol. The highest BCUT2D eigenvalue weighted by atomic mass is 28.3. The summed E-state index contributed by atoms with van der Waals surface area (Å²) in [6.07, 6.45) is 2.25. The third kappa shape index (κ3) is 3.55. The summed E-state index contributed by atoms with van der Waals surface area (Å²) in [7, 11) is -2.33. The standard InChI is InChI=1S/C26H23NSi/c27-23-18-16-22(17-19-23)20-21-28(24-10-4-1-5-11-24,25-12-6-2-7-13-25)26-14-8-3-9-15-26/h1-21H,27H2/b21-20+. The minimum Gasteiger partial charge on any atom is -0.399 e. The molecule has 4 aromatic rings. The highest BCUT2D eigenvalue weighted by Gasteiger charge is 2.36. The fourth-order valence-corrected chi connectivity index (χ4v) is 7.89. The van der Waals surface area contributed by atoms with E-state index < -0.39 is 8.07 Å². The summed E-state index contributed by atoms with van der Waals surface area (Å²) in [6, 6.07) is 40.7. The fourth-order valence-electron chi connectivity index (χ4n) is 3.72. The summed E-state index contributed by atoms with van der Waals surface area (Å²) in [5.74, 6) is 0. The van der Waals surface area contributed by atoms with Gasteiger partial charge in [-0.3, -0.25) is 0 Å². The zero-order valence-corrected chi connectivity index (χ0v) is 16.7. The van der Waals surface area contributed by atoms with E-state index in [9.17, 15) is 0 Å². The Kier molecular flexibility index (Phi) is 5.22. The monoisotopic (exact) mass is 377 g/mol. The van der Waals surface area contributed by atoms with E-state index in [4.69, 9.17) is 5.73 Å². The normalized spacial score (nSPS) is 11.6. The lowest BCUT2D eigenvalue weighted by Crippen LogP contribution is -2.66. The summed E-state index contributed by atoms with van der Waals surface area (Å²) >= 11 is 0. The lowest BCUT2D eigenvalue weighted by atomic mass is 10.2. The van der Waals surface area contributed by atoms with Gasteiger partial charge >= 0.3 is 0 Å². The molecule has 4 aromatic carbocycles. The van der Waals surface area contributed by atoms with Crippen LogP contribution < -0.4 is 21.3 Å². The number of benzene rings is 4. The van der Waals surface area contributed by atoms with E-state index in [0.29, 0.717) is 0 Å². The van der Waals surface area contributed by atoms with Crippen molar-refractivity contribution in [2.24, 2.45) is 0 Å². The van der Waals surface area contributed by atoms with Gasteiger partial charge in [0.05, 0.1) is 0 Å². The molecule has 2 heteroatoms. The van der Waals surface area contributed by atoms with Crippen molar-refractivity contribution in [3.8, 4) is 0 Å². The van der Waals surface area contributed by atoms with Crippen LogP contribution in [0.1, 0.15) is 5.56 Å². The Hall–Kier alpha value is -3.36. The zero-order chi connectivity index (χ0) is 19.2. The topological polar surface area (TPSA) is 26.0 Å². The van der Waals surface area contributed by atoms with Crippen molar-refractivity contribution in [1.29, 1.82) is 0 Å². The molecule has 136 valence electrons. The lowest BCUT2D eigenvalue weighted by Gasteiger charge is -2.30. The van der Waals surface area contributed by atoms with Crippen LogP contribution in [0.25, 0.3) is 6.08 Å². The second-order valence-corrected chi connectivity index (χ2v) is 10.6. The van der Waals surface area contributed by atoms with Crippen LogP contribution in [0.5, 0.6) is 0 Å². The van der Waals surface area contributed by atoms with Crippen molar-refractivity contribution in [1.82, 2.24) is 0 Å². The van der Waals surface area contributed by atoms with Crippen LogP contribution in [0, 0.1) is 0 Å². The van der Waals surface area contributed by atoms with Gasteiger partial charge in [-0.1, -0.05) is 115 Å². The lowest BCUT2D eigenvalue weighted by molar-refractivity contribution is 1.64. The van der Waals surface area contributed by atoms with Gasteiger partial charge in [-0.15, -0.1) is 0 Å². The van der Waals surface area contributed by atoms with Crippen molar-refractivity contribution in [2.45, 2.75) is 0 Å². The SMILES string of the molecule is Nc1ccc(/C=C/[Si](c2ccccc2)(c2ccccc2)c2ccccc2)cc1. The molecule has 0 aliphatic carbocycles. The zero-order valence-electron chi connectivity index (χ0n) is 15.7. The van der Waals surface area contributed by atoms with Gasteiger partial charge < -0.3 is 5.73 Å². The second kappa shape index (κ2) is 8.11. The molecule has 1 nitrogen and oxygen atoms in total. The minimum absolute atomic E-state index is 0.787. The highest BCUT2D eigenvalue weighted by Crippen LogP contribution is 2.13. The van der Waals surface area contributed by atoms with Crippen LogP contribution in [0.4, 0.5) is 5.69 Å². The van der Waals surface area contributed by atoms with E-state index in [0.717, 1.165) is 11.3 Å². The van der Waals surface area contributed by atoms with Crippen LogP contribution >= 0.6 is 0 Å². The summed E-state index contributed by atoms with van der Waals surface area (Å²) in [6.45, 7) is 0. The average Bonchev–Trinajstić information content (AvgIpc) is 2.78. The van der Waals surface area contributed by atoms with E-state index in [2.05, 4.69) is 115 Å². The number of hydrogen-bond donors (Lipinski definition) is 1. The molecule has 0 aromatic heterocycles. The second-order valence-electron chi connectivity index (χ2n) is 6.91. The molecule has 2 N–H and O–H groups in total. The maximum absolute atomic E-state index is 5.87. The molecule has 0 amide bonds. The summed E-state index contributed by atoms with van der Waals surface area (Å²) in [4.78, 5) is 0. The van der Waals surface area contributed by atoms with Crippen LogP contribution in [-0.4, -0.2) is 8.07 Å². The predicted molar refractivity (Wildman–Crippen MR) is 124 cm³/mol. The first kappa shape index (κ1) is 18.0. The van der Waals surface area contributed by atoms with Gasteiger partial charge in [0.15, 0.2) is 8.07 Å². The van der Waals surface area contributed by atoms with Gasteiger partial charge in [0.25, 0.3) is 0 Å². The maximum atomic E-state index is 5.87. The number of rotatable bonds is 5. The van der Waals surface area contributed by atoms with Crippen molar-refractivity contribution in [3.05, 3.63) is 127 Å². The molecule has 0 fully saturated rings. The van der Waals surface area contributed by atoms with Crippen LogP contribution in [-0.2, 0) is 0 Å². The first-order valence-electron chi connectivity index (χ1n) is 9.50. The molecule has 0 saturated heterocycles. The third-order valence-corrected chi connectivity index (χ3v) is 9.55. The number of hydrogen-bond acceptors (Lipinski definition) is 1. The number of nitrogen functional groups attached to an aromatic ring is 1. The number of nitrogens with two attached hydrogens (primary N) is 1. The Morgan fingerprint density at radius 3 is 1.29 bits per heavy atom. The summed E-state index contributed by atoms with van der Waals surface area (Å²) < 4.78 is 0. The van der Waals surface area contributed by atoms with Gasteiger partial charge in [0.1, 0.15) is 0 Å². The first-order chi connectivity index (χ1) is 13.8. The van der Waals surface area contributed by atoms with E-state index in [-0.39, 0.29) is 0 Å². The smallest absolute Gasteiger partial charge is 0.172 e. The average molecular weight is 378 g/mol. The third-order valence-electron chi connectivity index (χ3n) is 5.15. The Balaban J connectivity index is 1.97. The Morgan fingerprint density at radius 1 is 0.500 bits per heavy atom. The Labute approximate surface area is 167 Å². The maximum Gasteiger partial charge on any atom is 0.172 e. The molecule has 0 aliphatic rings. The molecule has 0 spiro atoms. The quantitative estimate of drug-likeness (QED) is 0.318. The minimum atomic E-state index is -2.33. The van der Waals surface area contributed by atoms with Crippen molar-refractivity contribution in [3.63, 3.8) is 0 Å². The molecule has 0 radical (unpaired) electrons. The van der Waals surface area contributed by atoms with E-state index in [1.54, 1.807) is 0 Å². The van der Waals surface area contributed by atoms with E-state index >= 15 is 0 Å². The van der Waals surface area contributed by atoms with Gasteiger partial charge in [0.2, 0.25) is 0 Å². The van der Waals surface area contributed by atoms with Gasteiger partial charge in [0, 0.05) is 5.69 Å². The van der Waals surface area contributed by atoms with Gasteiger partial charge in [-0.05, 0) is 33.3 Å². The molecule has 0 unspecified atom stereocenters. The summed E-state index contributed by atoms with van der Waals surface area (Å²) in [5.41, 5.74) is 10.3. The molecular formula is C26H23NSi. The molecule has 0 saturated carbocycles. The number of anilines is 1. The van der Waals surface area contributed by atoms with Crippen LogP contribution in [0.2, 0.25) is 0 Å². The molecule has 0 bridgehead atoms. The predicted octanol–water partition coefficient (Wildman–Crippen LogP) is 3.99. The van der Waals surface area contributed by atoms with Crippen molar-refractivity contribution in [2.75, 3.05) is 5.73 Å².